The number of anilines is 2. The summed E-state index contributed by atoms with van der Waals surface area (Å²) < 4.78 is 1.67. The van der Waals surface area contributed by atoms with Gasteiger partial charge in [0.1, 0.15) is 0 Å². The largest absolute Gasteiger partial charge is 0.378 e. The van der Waals surface area contributed by atoms with Crippen molar-refractivity contribution in [3.05, 3.63) is 54.1 Å². The number of unbranched alkanes of at least 4 members (excludes halogenated alkanes) is 1. The molecule has 2 aromatic carbocycles. The zero-order valence-electron chi connectivity index (χ0n) is 17.9. The van der Waals surface area contributed by atoms with Crippen molar-refractivity contribution in [1.82, 2.24) is 20.2 Å². The molecule has 0 radical (unpaired) electrons. The fourth-order valence-corrected chi connectivity index (χ4v) is 3.71. The van der Waals surface area contributed by atoms with Crippen molar-refractivity contribution in [2.24, 2.45) is 0 Å². The van der Waals surface area contributed by atoms with Crippen molar-refractivity contribution in [2.75, 3.05) is 24.3 Å². The van der Waals surface area contributed by atoms with Gasteiger partial charge in [0.25, 0.3) is 0 Å². The lowest BCUT2D eigenvalue weighted by Crippen LogP contribution is -2.23. The van der Waals surface area contributed by atoms with E-state index in [4.69, 9.17) is 0 Å². The molecule has 1 heterocycles. The van der Waals surface area contributed by atoms with E-state index >= 15 is 0 Å². The number of tetrazole rings is 1. The van der Waals surface area contributed by atoms with Crippen molar-refractivity contribution in [3.63, 3.8) is 0 Å². The third kappa shape index (κ3) is 5.60. The number of carbonyl (C=O) groups excluding carboxylic acids is 1. The third-order valence-electron chi connectivity index (χ3n) is 4.74. The predicted octanol–water partition coefficient (Wildman–Crippen LogP) is 4.19. The fraction of sp³-hybridized carbons (Fsp3) is 0.364. The van der Waals surface area contributed by atoms with Crippen LogP contribution in [0.1, 0.15) is 32.3 Å². The second kappa shape index (κ2) is 10.2. The summed E-state index contributed by atoms with van der Waals surface area (Å²) in [4.78, 5) is 14.6. The van der Waals surface area contributed by atoms with Crippen molar-refractivity contribution in [2.45, 2.75) is 43.5 Å². The number of amides is 1. The number of aryl methyl sites for hydroxylation is 1. The first-order valence-corrected chi connectivity index (χ1v) is 11.0. The zero-order valence-corrected chi connectivity index (χ0v) is 18.7. The van der Waals surface area contributed by atoms with Gasteiger partial charge in [-0.05, 0) is 72.2 Å². The van der Waals surface area contributed by atoms with Gasteiger partial charge in [0.15, 0.2) is 0 Å². The van der Waals surface area contributed by atoms with Crippen LogP contribution in [-0.4, -0.2) is 45.5 Å². The first-order valence-electron chi connectivity index (χ1n) is 10.1. The van der Waals surface area contributed by atoms with Crippen molar-refractivity contribution in [1.29, 1.82) is 0 Å². The van der Waals surface area contributed by atoms with E-state index in [0.717, 1.165) is 23.5 Å². The number of nitrogens with zero attached hydrogens (tertiary/aromatic N) is 5. The van der Waals surface area contributed by atoms with Gasteiger partial charge >= 0.3 is 0 Å². The quantitative estimate of drug-likeness (QED) is 0.519. The van der Waals surface area contributed by atoms with Crippen LogP contribution in [0.2, 0.25) is 0 Å². The number of nitrogens with one attached hydrogen (secondary N) is 1. The highest BCUT2D eigenvalue weighted by molar-refractivity contribution is 8.00. The highest BCUT2D eigenvalue weighted by Gasteiger charge is 2.19. The van der Waals surface area contributed by atoms with E-state index in [1.807, 2.05) is 62.3 Å². The highest BCUT2D eigenvalue weighted by Crippen LogP contribution is 2.24. The van der Waals surface area contributed by atoms with Gasteiger partial charge in [-0.15, -0.1) is 5.10 Å². The van der Waals surface area contributed by atoms with Crippen LogP contribution < -0.4 is 10.2 Å². The smallest absolute Gasteiger partial charge is 0.237 e. The second-order valence-electron chi connectivity index (χ2n) is 7.33. The Morgan fingerprint density at radius 1 is 1.13 bits per heavy atom. The first kappa shape index (κ1) is 21.8. The number of carbonyl (C=O) groups is 1. The average Bonchev–Trinajstić information content (AvgIpc) is 3.21. The Morgan fingerprint density at radius 3 is 2.47 bits per heavy atom. The Hall–Kier alpha value is -2.87. The van der Waals surface area contributed by atoms with Crippen LogP contribution >= 0.6 is 11.8 Å². The Labute approximate surface area is 181 Å². The molecule has 3 rings (SSSR count). The molecule has 158 valence electrons. The van der Waals surface area contributed by atoms with Gasteiger partial charge in [0, 0.05) is 25.5 Å². The number of aromatic nitrogens is 4. The van der Waals surface area contributed by atoms with Crippen LogP contribution in [0.4, 0.5) is 11.4 Å². The van der Waals surface area contributed by atoms with Crippen LogP contribution in [-0.2, 0) is 11.2 Å². The molecular formula is C22H28N6OS. The van der Waals surface area contributed by atoms with Gasteiger partial charge in [0.05, 0.1) is 10.9 Å². The van der Waals surface area contributed by atoms with Gasteiger partial charge in [-0.2, -0.15) is 4.68 Å². The molecule has 1 atom stereocenters. The second-order valence-corrected chi connectivity index (χ2v) is 8.64. The van der Waals surface area contributed by atoms with Crippen LogP contribution in [0.3, 0.4) is 0 Å². The SMILES string of the molecule is CCCCc1ccc(-n2nnnc2SC(C)C(=O)Nc2ccc(N(C)C)cc2)cc1. The van der Waals surface area contributed by atoms with E-state index in [9.17, 15) is 4.79 Å². The molecule has 0 bridgehead atoms. The summed E-state index contributed by atoms with van der Waals surface area (Å²) in [6.07, 6.45) is 3.42. The van der Waals surface area contributed by atoms with Gasteiger partial charge in [0.2, 0.25) is 11.1 Å². The van der Waals surface area contributed by atoms with E-state index in [2.05, 4.69) is 39.9 Å². The highest BCUT2D eigenvalue weighted by atomic mass is 32.2. The Morgan fingerprint density at radius 2 is 1.83 bits per heavy atom. The standard InChI is InChI=1S/C22H28N6OS/c1-5-6-7-17-8-12-20(13-9-17)28-22(24-25-26-28)30-16(2)21(29)23-18-10-14-19(15-11-18)27(3)4/h8-16H,5-7H2,1-4H3,(H,23,29). The molecular weight excluding hydrogens is 396 g/mol. The molecule has 1 unspecified atom stereocenters. The molecule has 7 nitrogen and oxygen atoms in total. The zero-order chi connectivity index (χ0) is 21.5. The summed E-state index contributed by atoms with van der Waals surface area (Å²) in [5.41, 5.74) is 4.03. The van der Waals surface area contributed by atoms with Gasteiger partial charge < -0.3 is 10.2 Å². The Kier molecular flexibility index (Phi) is 7.46. The summed E-state index contributed by atoms with van der Waals surface area (Å²) in [6.45, 7) is 4.04. The van der Waals surface area contributed by atoms with E-state index in [0.29, 0.717) is 5.16 Å². The molecule has 0 fully saturated rings. The molecule has 3 aromatic rings. The average molecular weight is 425 g/mol. The summed E-state index contributed by atoms with van der Waals surface area (Å²) in [7, 11) is 3.96. The maximum Gasteiger partial charge on any atom is 0.237 e. The predicted molar refractivity (Wildman–Crippen MR) is 122 cm³/mol. The van der Waals surface area contributed by atoms with Crippen molar-refractivity contribution < 1.29 is 4.79 Å². The summed E-state index contributed by atoms with van der Waals surface area (Å²) in [6, 6.07) is 16.0. The van der Waals surface area contributed by atoms with Gasteiger partial charge in [-0.25, -0.2) is 0 Å². The van der Waals surface area contributed by atoms with Crippen LogP contribution in [0.15, 0.2) is 53.7 Å². The Bertz CT molecular complexity index is 953. The minimum absolute atomic E-state index is 0.0953. The molecule has 30 heavy (non-hydrogen) atoms. The molecule has 1 aromatic heterocycles. The minimum Gasteiger partial charge on any atom is -0.378 e. The maximum absolute atomic E-state index is 12.6. The topological polar surface area (TPSA) is 75.9 Å². The Balaban J connectivity index is 1.63. The first-order chi connectivity index (χ1) is 14.5. The molecule has 0 saturated heterocycles. The van der Waals surface area contributed by atoms with Crippen LogP contribution in [0.5, 0.6) is 0 Å². The lowest BCUT2D eigenvalue weighted by Gasteiger charge is -2.14. The monoisotopic (exact) mass is 424 g/mol. The summed E-state index contributed by atoms with van der Waals surface area (Å²) in [5.74, 6) is -0.0953. The van der Waals surface area contributed by atoms with Gasteiger partial charge in [-0.1, -0.05) is 37.2 Å². The van der Waals surface area contributed by atoms with Crippen LogP contribution in [0.25, 0.3) is 5.69 Å². The lowest BCUT2D eigenvalue weighted by atomic mass is 10.1. The number of hydrogen-bond donors (Lipinski definition) is 1. The number of benzene rings is 2. The normalized spacial score (nSPS) is 11.9. The molecule has 0 saturated carbocycles. The van der Waals surface area contributed by atoms with Crippen molar-refractivity contribution in [3.8, 4) is 5.69 Å². The van der Waals surface area contributed by atoms with E-state index in [-0.39, 0.29) is 11.2 Å². The lowest BCUT2D eigenvalue weighted by molar-refractivity contribution is -0.115. The molecule has 0 spiro atoms. The molecule has 0 aliphatic carbocycles. The molecule has 0 aliphatic rings. The van der Waals surface area contributed by atoms with Crippen LogP contribution in [0, 0.1) is 0 Å². The number of thioether (sulfide) groups is 1. The molecule has 1 N–H and O–H groups in total. The third-order valence-corrected chi connectivity index (χ3v) is 5.78. The number of hydrogen-bond acceptors (Lipinski definition) is 6. The van der Waals surface area contributed by atoms with Crippen molar-refractivity contribution >= 4 is 29.0 Å². The maximum atomic E-state index is 12.6. The summed E-state index contributed by atoms with van der Waals surface area (Å²) in [5, 5.41) is 15.2. The van der Waals surface area contributed by atoms with E-state index in [1.54, 1.807) is 4.68 Å². The van der Waals surface area contributed by atoms with E-state index < -0.39 is 0 Å². The van der Waals surface area contributed by atoms with E-state index in [1.165, 1.54) is 30.2 Å². The molecule has 1 amide bonds. The fourth-order valence-electron chi connectivity index (χ4n) is 2.90. The molecule has 8 heteroatoms. The molecule has 0 aliphatic heterocycles. The number of rotatable bonds is 9. The van der Waals surface area contributed by atoms with Gasteiger partial charge in [-0.3, -0.25) is 4.79 Å². The summed E-state index contributed by atoms with van der Waals surface area (Å²) >= 11 is 1.33. The minimum atomic E-state index is -0.355.